The van der Waals surface area contributed by atoms with Crippen molar-refractivity contribution in [3.63, 3.8) is 0 Å². The highest BCUT2D eigenvalue weighted by Gasteiger charge is 2.16. The summed E-state index contributed by atoms with van der Waals surface area (Å²) in [7, 11) is -3.32. The van der Waals surface area contributed by atoms with Gasteiger partial charge in [-0.2, -0.15) is 0 Å². The van der Waals surface area contributed by atoms with Gasteiger partial charge in [0.25, 0.3) is 5.91 Å². The summed E-state index contributed by atoms with van der Waals surface area (Å²) in [5, 5.41) is 0. The van der Waals surface area contributed by atoms with Gasteiger partial charge < -0.3 is 4.90 Å². The number of carbonyl (C=O) groups excluding carboxylic acids is 1. The zero-order valence-corrected chi connectivity index (χ0v) is 13.9. The molecule has 0 aliphatic rings. The van der Waals surface area contributed by atoms with Gasteiger partial charge in [-0.05, 0) is 42.0 Å². The summed E-state index contributed by atoms with van der Waals surface area (Å²) in [6, 6.07) is 11.5. The Bertz CT molecular complexity index is 866. The molecule has 0 fully saturated rings. The molecule has 2 aromatic rings. The molecule has 0 atom stereocenters. The van der Waals surface area contributed by atoms with E-state index in [0.29, 0.717) is 5.56 Å². The van der Waals surface area contributed by atoms with Crippen molar-refractivity contribution in [1.29, 1.82) is 0 Å². The maximum absolute atomic E-state index is 13.0. The molecule has 1 amide bonds. The smallest absolute Gasteiger partial charge is 0.254 e. The fraction of sp³-hybridized carbons (Fsp3) is 0.167. The van der Waals surface area contributed by atoms with Crippen molar-refractivity contribution in [2.45, 2.75) is 11.4 Å². The molecule has 0 heterocycles. The Morgan fingerprint density at radius 2 is 1.71 bits per heavy atom. The molecular weight excluding hydrogens is 329 g/mol. The lowest BCUT2D eigenvalue weighted by Gasteiger charge is -2.20. The van der Waals surface area contributed by atoms with Gasteiger partial charge in [0.05, 0.1) is 11.4 Å². The van der Waals surface area contributed by atoms with Gasteiger partial charge in [0.15, 0.2) is 9.84 Å². The van der Waals surface area contributed by atoms with Crippen molar-refractivity contribution >= 4 is 15.7 Å². The largest absolute Gasteiger partial charge is 0.323 e. The van der Waals surface area contributed by atoms with E-state index in [2.05, 4.69) is 5.92 Å². The van der Waals surface area contributed by atoms with E-state index in [4.69, 9.17) is 6.42 Å². The van der Waals surface area contributed by atoms with Crippen LogP contribution in [0.5, 0.6) is 0 Å². The number of benzene rings is 2. The molecule has 124 valence electrons. The molecule has 0 aromatic heterocycles. The van der Waals surface area contributed by atoms with E-state index in [1.54, 1.807) is 12.1 Å². The lowest BCUT2D eigenvalue weighted by molar-refractivity contribution is 0.0765. The van der Waals surface area contributed by atoms with Crippen LogP contribution in [0.15, 0.2) is 53.4 Å². The first-order valence-electron chi connectivity index (χ1n) is 7.08. The molecule has 0 saturated carbocycles. The first-order chi connectivity index (χ1) is 11.3. The van der Waals surface area contributed by atoms with Crippen LogP contribution in [0, 0.1) is 18.2 Å². The summed E-state index contributed by atoms with van der Waals surface area (Å²) >= 11 is 0. The van der Waals surface area contributed by atoms with Crippen molar-refractivity contribution in [1.82, 2.24) is 4.90 Å². The van der Waals surface area contributed by atoms with Crippen LogP contribution in [0.3, 0.4) is 0 Å². The van der Waals surface area contributed by atoms with Gasteiger partial charge in [-0.3, -0.25) is 4.79 Å². The Morgan fingerprint density at radius 3 is 2.21 bits per heavy atom. The summed E-state index contributed by atoms with van der Waals surface area (Å²) in [6.45, 7) is 0.321. The molecule has 0 aliphatic heterocycles. The van der Waals surface area contributed by atoms with Crippen LogP contribution >= 0.6 is 0 Å². The second kappa shape index (κ2) is 7.28. The zero-order chi connectivity index (χ0) is 17.7. The fourth-order valence-corrected chi connectivity index (χ4v) is 2.78. The van der Waals surface area contributed by atoms with Gasteiger partial charge in [0, 0.05) is 18.4 Å². The highest BCUT2D eigenvalue weighted by Crippen LogP contribution is 2.14. The molecule has 2 aromatic carbocycles. The van der Waals surface area contributed by atoms with E-state index in [-0.39, 0.29) is 29.7 Å². The number of halogens is 1. The Morgan fingerprint density at radius 1 is 1.12 bits per heavy atom. The number of hydrogen-bond acceptors (Lipinski definition) is 3. The predicted octanol–water partition coefficient (Wildman–Crippen LogP) is 2.50. The zero-order valence-electron chi connectivity index (χ0n) is 13.1. The van der Waals surface area contributed by atoms with Crippen LogP contribution in [-0.4, -0.2) is 32.0 Å². The number of sulfone groups is 1. The minimum atomic E-state index is -3.32. The van der Waals surface area contributed by atoms with E-state index in [1.165, 1.54) is 41.3 Å². The van der Waals surface area contributed by atoms with E-state index >= 15 is 0 Å². The van der Waals surface area contributed by atoms with Crippen LogP contribution in [0.25, 0.3) is 0 Å². The van der Waals surface area contributed by atoms with Crippen molar-refractivity contribution in [3.8, 4) is 12.3 Å². The summed E-state index contributed by atoms with van der Waals surface area (Å²) in [5.41, 5.74) is 1.08. The molecule has 24 heavy (non-hydrogen) atoms. The van der Waals surface area contributed by atoms with E-state index in [0.717, 1.165) is 11.8 Å². The van der Waals surface area contributed by atoms with Crippen LogP contribution in [0.4, 0.5) is 4.39 Å². The Kier molecular flexibility index (Phi) is 5.37. The summed E-state index contributed by atoms with van der Waals surface area (Å²) in [5.74, 6) is 1.74. The van der Waals surface area contributed by atoms with Crippen LogP contribution < -0.4 is 0 Å². The highest BCUT2D eigenvalue weighted by atomic mass is 32.2. The van der Waals surface area contributed by atoms with Gasteiger partial charge in [0.1, 0.15) is 5.82 Å². The molecule has 0 bridgehead atoms. The summed E-state index contributed by atoms with van der Waals surface area (Å²) in [6.07, 6.45) is 6.42. The third kappa shape index (κ3) is 4.43. The predicted molar refractivity (Wildman–Crippen MR) is 89.5 cm³/mol. The van der Waals surface area contributed by atoms with Crippen molar-refractivity contribution in [3.05, 3.63) is 65.5 Å². The maximum atomic E-state index is 13.0. The Labute approximate surface area is 140 Å². The normalized spacial score (nSPS) is 10.9. The van der Waals surface area contributed by atoms with E-state index in [1.807, 2.05) is 0 Å². The monoisotopic (exact) mass is 345 g/mol. The quantitative estimate of drug-likeness (QED) is 0.783. The fourth-order valence-electron chi connectivity index (χ4n) is 2.15. The Hall–Kier alpha value is -2.65. The maximum Gasteiger partial charge on any atom is 0.254 e. The van der Waals surface area contributed by atoms with Gasteiger partial charge in [-0.15, -0.1) is 6.42 Å². The molecule has 0 radical (unpaired) electrons. The van der Waals surface area contributed by atoms with E-state index < -0.39 is 9.84 Å². The third-order valence-electron chi connectivity index (χ3n) is 3.39. The van der Waals surface area contributed by atoms with Crippen LogP contribution in [-0.2, 0) is 16.4 Å². The molecule has 0 spiro atoms. The average Bonchev–Trinajstić information content (AvgIpc) is 2.55. The van der Waals surface area contributed by atoms with Crippen molar-refractivity contribution < 1.29 is 17.6 Å². The van der Waals surface area contributed by atoms with Crippen LogP contribution in [0.1, 0.15) is 15.9 Å². The molecule has 4 nitrogen and oxygen atoms in total. The Balaban J connectivity index is 2.22. The highest BCUT2D eigenvalue weighted by molar-refractivity contribution is 7.90. The standard InChI is InChI=1S/C18H16FNO3S/c1-3-12-20(13-14-4-8-16(19)9-5-14)18(21)15-6-10-17(11-7-15)24(2,22)23/h1,4-11H,12-13H2,2H3. The second-order valence-corrected chi connectivity index (χ2v) is 7.30. The molecule has 2 rings (SSSR count). The number of hydrogen-bond donors (Lipinski definition) is 0. The number of carbonyl (C=O) groups is 1. The van der Waals surface area contributed by atoms with Gasteiger partial charge >= 0.3 is 0 Å². The number of amides is 1. The summed E-state index contributed by atoms with van der Waals surface area (Å²) in [4.78, 5) is 14.1. The lowest BCUT2D eigenvalue weighted by atomic mass is 10.1. The third-order valence-corrected chi connectivity index (χ3v) is 4.51. The number of rotatable bonds is 5. The average molecular weight is 345 g/mol. The molecule has 0 unspecified atom stereocenters. The molecule has 0 saturated heterocycles. The number of nitrogens with zero attached hydrogens (tertiary/aromatic N) is 1. The number of terminal acetylenes is 1. The first-order valence-corrected chi connectivity index (χ1v) is 8.97. The van der Waals surface area contributed by atoms with Crippen molar-refractivity contribution in [2.24, 2.45) is 0 Å². The lowest BCUT2D eigenvalue weighted by Crippen LogP contribution is -2.31. The first kappa shape index (κ1) is 17.7. The van der Waals surface area contributed by atoms with Crippen molar-refractivity contribution in [2.75, 3.05) is 12.8 Å². The second-order valence-electron chi connectivity index (χ2n) is 5.29. The van der Waals surface area contributed by atoms with E-state index in [9.17, 15) is 17.6 Å². The van der Waals surface area contributed by atoms with Gasteiger partial charge in [-0.25, -0.2) is 12.8 Å². The van der Waals surface area contributed by atoms with Gasteiger partial charge in [0.2, 0.25) is 0 Å². The minimum absolute atomic E-state index is 0.0873. The minimum Gasteiger partial charge on any atom is -0.323 e. The molecule has 0 aliphatic carbocycles. The molecular formula is C18H16FNO3S. The van der Waals surface area contributed by atoms with Gasteiger partial charge in [-0.1, -0.05) is 18.1 Å². The topological polar surface area (TPSA) is 54.5 Å². The SMILES string of the molecule is C#CCN(Cc1ccc(F)cc1)C(=O)c1ccc(S(C)(=O)=O)cc1. The molecule has 6 heteroatoms. The summed E-state index contributed by atoms with van der Waals surface area (Å²) < 4.78 is 35.9. The van der Waals surface area contributed by atoms with Crippen LogP contribution in [0.2, 0.25) is 0 Å². The molecule has 0 N–H and O–H groups in total.